The number of alkyl halides is 2. The average Bonchev–Trinajstić information content (AvgIpc) is 3.03. The number of oxazole rings is 1. The largest absolute Gasteiger partial charge is 0.439 e. The lowest BCUT2D eigenvalue weighted by molar-refractivity contribution is -0.0498. The summed E-state index contributed by atoms with van der Waals surface area (Å²) in [7, 11) is 0. The van der Waals surface area contributed by atoms with E-state index in [1.165, 1.54) is 12.1 Å². The van der Waals surface area contributed by atoms with Gasteiger partial charge in [0, 0.05) is 11.3 Å². The van der Waals surface area contributed by atoms with Crippen LogP contribution in [0.25, 0.3) is 11.3 Å². The molecule has 24 heavy (non-hydrogen) atoms. The highest BCUT2D eigenvalue weighted by Crippen LogP contribution is 2.28. The van der Waals surface area contributed by atoms with Gasteiger partial charge in [0.15, 0.2) is 5.76 Å². The SMILES string of the molecule is FC(F)Oc1ccc(NCc2ncc(-c3ccccc3Cl)o2)cc1. The highest BCUT2D eigenvalue weighted by Gasteiger charge is 2.09. The van der Waals surface area contributed by atoms with Crippen LogP contribution in [0, 0.1) is 0 Å². The number of rotatable bonds is 6. The maximum Gasteiger partial charge on any atom is 0.387 e. The van der Waals surface area contributed by atoms with Gasteiger partial charge in [-0.2, -0.15) is 8.78 Å². The van der Waals surface area contributed by atoms with Gasteiger partial charge < -0.3 is 14.5 Å². The summed E-state index contributed by atoms with van der Waals surface area (Å²) in [4.78, 5) is 4.19. The molecule has 1 N–H and O–H groups in total. The van der Waals surface area contributed by atoms with E-state index < -0.39 is 6.61 Å². The lowest BCUT2D eigenvalue weighted by atomic mass is 10.2. The predicted molar refractivity (Wildman–Crippen MR) is 87.3 cm³/mol. The lowest BCUT2D eigenvalue weighted by Gasteiger charge is -2.07. The van der Waals surface area contributed by atoms with Crippen molar-refractivity contribution in [1.29, 1.82) is 0 Å². The van der Waals surface area contributed by atoms with Crippen molar-refractivity contribution in [3.05, 3.63) is 65.6 Å². The third-order valence-electron chi connectivity index (χ3n) is 3.22. The van der Waals surface area contributed by atoms with E-state index in [1.807, 2.05) is 18.2 Å². The first kappa shape index (κ1) is 16.3. The highest BCUT2D eigenvalue weighted by molar-refractivity contribution is 6.33. The Kier molecular flexibility index (Phi) is 4.96. The van der Waals surface area contributed by atoms with Crippen LogP contribution in [-0.4, -0.2) is 11.6 Å². The van der Waals surface area contributed by atoms with Gasteiger partial charge in [-0.05, 0) is 36.4 Å². The van der Waals surface area contributed by atoms with Gasteiger partial charge in [-0.1, -0.05) is 23.7 Å². The molecule has 1 aromatic heterocycles. The molecule has 0 aliphatic heterocycles. The maximum absolute atomic E-state index is 12.1. The molecule has 3 aromatic rings. The summed E-state index contributed by atoms with van der Waals surface area (Å²) in [6.07, 6.45) is 1.61. The average molecular weight is 351 g/mol. The molecule has 0 amide bonds. The summed E-state index contributed by atoms with van der Waals surface area (Å²) in [5, 5.41) is 3.67. The fraction of sp³-hybridized carbons (Fsp3) is 0.118. The molecule has 2 aromatic carbocycles. The number of hydrogen-bond donors (Lipinski definition) is 1. The Hall–Kier alpha value is -2.60. The standard InChI is InChI=1S/C17H13ClF2N2O2/c18-14-4-2-1-3-13(14)15-9-22-16(24-15)10-21-11-5-7-12(8-6-11)23-17(19)20/h1-9,17,21H,10H2. The number of aromatic nitrogens is 1. The van der Waals surface area contributed by atoms with Gasteiger partial charge in [0.05, 0.1) is 17.8 Å². The van der Waals surface area contributed by atoms with Crippen molar-refractivity contribution in [3.63, 3.8) is 0 Å². The first-order valence-electron chi connectivity index (χ1n) is 7.10. The van der Waals surface area contributed by atoms with Crippen molar-refractivity contribution >= 4 is 17.3 Å². The van der Waals surface area contributed by atoms with E-state index in [1.54, 1.807) is 24.4 Å². The van der Waals surface area contributed by atoms with Crippen molar-refractivity contribution in [2.24, 2.45) is 0 Å². The number of hydrogen-bond acceptors (Lipinski definition) is 4. The number of nitrogens with one attached hydrogen (secondary N) is 1. The minimum Gasteiger partial charge on any atom is -0.439 e. The molecule has 4 nitrogen and oxygen atoms in total. The Morgan fingerprint density at radius 1 is 1.12 bits per heavy atom. The molecule has 0 unspecified atom stereocenters. The monoisotopic (exact) mass is 350 g/mol. The Morgan fingerprint density at radius 3 is 2.58 bits per heavy atom. The van der Waals surface area contributed by atoms with Crippen LogP contribution in [0.5, 0.6) is 5.75 Å². The van der Waals surface area contributed by atoms with Gasteiger partial charge in [-0.3, -0.25) is 0 Å². The van der Waals surface area contributed by atoms with Crippen LogP contribution in [0.1, 0.15) is 5.89 Å². The minimum atomic E-state index is -2.83. The van der Waals surface area contributed by atoms with Crippen LogP contribution < -0.4 is 10.1 Å². The second-order valence-corrected chi connectivity index (χ2v) is 5.26. The van der Waals surface area contributed by atoms with E-state index in [2.05, 4.69) is 15.0 Å². The molecule has 0 spiro atoms. The molecular weight excluding hydrogens is 338 g/mol. The number of ether oxygens (including phenoxy) is 1. The van der Waals surface area contributed by atoms with Crippen LogP contribution in [0.2, 0.25) is 5.02 Å². The molecule has 3 rings (SSSR count). The van der Waals surface area contributed by atoms with Gasteiger partial charge in [-0.25, -0.2) is 4.98 Å². The Bertz CT molecular complexity index is 806. The van der Waals surface area contributed by atoms with Gasteiger partial charge in [-0.15, -0.1) is 0 Å². The predicted octanol–water partition coefficient (Wildman–Crippen LogP) is 5.21. The van der Waals surface area contributed by atoms with Crippen molar-refractivity contribution in [2.45, 2.75) is 13.2 Å². The molecule has 0 aliphatic rings. The maximum atomic E-state index is 12.1. The van der Waals surface area contributed by atoms with Crippen LogP contribution in [-0.2, 0) is 6.54 Å². The summed E-state index contributed by atoms with van der Waals surface area (Å²) in [5.41, 5.74) is 1.50. The summed E-state index contributed by atoms with van der Waals surface area (Å²) >= 11 is 6.12. The van der Waals surface area contributed by atoms with Gasteiger partial charge in [0.25, 0.3) is 0 Å². The zero-order chi connectivity index (χ0) is 16.9. The molecule has 0 atom stereocenters. The fourth-order valence-corrected chi connectivity index (χ4v) is 2.34. The van der Waals surface area contributed by atoms with Crippen molar-refractivity contribution in [2.75, 3.05) is 5.32 Å². The molecule has 0 aliphatic carbocycles. The van der Waals surface area contributed by atoms with E-state index in [-0.39, 0.29) is 5.75 Å². The molecular formula is C17H13ClF2N2O2. The normalized spacial score (nSPS) is 10.8. The highest BCUT2D eigenvalue weighted by atomic mass is 35.5. The third kappa shape index (κ3) is 4.02. The van der Waals surface area contributed by atoms with E-state index in [9.17, 15) is 8.78 Å². The first-order valence-corrected chi connectivity index (χ1v) is 7.48. The molecule has 0 radical (unpaired) electrons. The van der Waals surface area contributed by atoms with Crippen LogP contribution >= 0.6 is 11.6 Å². The number of benzene rings is 2. The summed E-state index contributed by atoms with van der Waals surface area (Å²) in [6.45, 7) is -2.49. The molecule has 0 saturated heterocycles. The Morgan fingerprint density at radius 2 is 1.88 bits per heavy atom. The first-order chi connectivity index (χ1) is 11.6. The zero-order valence-electron chi connectivity index (χ0n) is 12.4. The summed E-state index contributed by atoms with van der Waals surface area (Å²) < 4.78 is 34.1. The van der Waals surface area contributed by atoms with Crippen LogP contribution in [0.3, 0.4) is 0 Å². The van der Waals surface area contributed by atoms with E-state index in [4.69, 9.17) is 16.0 Å². The smallest absolute Gasteiger partial charge is 0.387 e. The molecule has 124 valence electrons. The zero-order valence-corrected chi connectivity index (χ0v) is 13.1. The van der Waals surface area contributed by atoms with Crippen molar-refractivity contribution < 1.29 is 17.9 Å². The summed E-state index contributed by atoms with van der Waals surface area (Å²) in [6, 6.07) is 13.5. The minimum absolute atomic E-state index is 0.104. The fourth-order valence-electron chi connectivity index (χ4n) is 2.11. The quantitative estimate of drug-likeness (QED) is 0.663. The van der Waals surface area contributed by atoms with Crippen molar-refractivity contribution in [1.82, 2.24) is 4.98 Å². The van der Waals surface area contributed by atoms with Gasteiger partial charge in [0.2, 0.25) is 5.89 Å². The molecule has 1 heterocycles. The van der Waals surface area contributed by atoms with Crippen LogP contribution in [0.4, 0.5) is 14.5 Å². The van der Waals surface area contributed by atoms with Gasteiger partial charge >= 0.3 is 6.61 Å². The molecule has 0 bridgehead atoms. The van der Waals surface area contributed by atoms with Gasteiger partial charge in [0.1, 0.15) is 5.75 Å². The van der Waals surface area contributed by atoms with Crippen LogP contribution in [0.15, 0.2) is 59.1 Å². The number of nitrogens with zero attached hydrogens (tertiary/aromatic N) is 1. The topological polar surface area (TPSA) is 47.3 Å². The molecule has 7 heteroatoms. The Balaban J connectivity index is 1.62. The van der Waals surface area contributed by atoms with Crippen molar-refractivity contribution in [3.8, 4) is 17.1 Å². The number of halogens is 3. The molecule has 0 fully saturated rings. The van der Waals surface area contributed by atoms with E-state index in [0.29, 0.717) is 23.2 Å². The second-order valence-electron chi connectivity index (χ2n) is 4.85. The van der Waals surface area contributed by atoms with E-state index >= 15 is 0 Å². The van der Waals surface area contributed by atoms with E-state index in [0.717, 1.165) is 11.3 Å². The second kappa shape index (κ2) is 7.31. The molecule has 0 saturated carbocycles. The summed E-state index contributed by atoms with van der Waals surface area (Å²) in [5.74, 6) is 1.17. The lowest BCUT2D eigenvalue weighted by Crippen LogP contribution is -2.02. The third-order valence-corrected chi connectivity index (χ3v) is 3.55. The number of anilines is 1. The Labute approximate surface area is 142 Å².